The Morgan fingerprint density at radius 1 is 1.30 bits per heavy atom. The van der Waals surface area contributed by atoms with Crippen molar-refractivity contribution in [1.29, 1.82) is 0 Å². The van der Waals surface area contributed by atoms with E-state index in [2.05, 4.69) is 20.0 Å². The van der Waals surface area contributed by atoms with E-state index in [1.807, 2.05) is 6.20 Å². The molecule has 30 heavy (non-hydrogen) atoms. The number of ether oxygens (including phenoxy) is 1. The molecule has 0 bridgehead atoms. The highest BCUT2D eigenvalue weighted by atomic mass is 19.1. The molecule has 154 valence electrons. The van der Waals surface area contributed by atoms with Gasteiger partial charge in [0.15, 0.2) is 12.1 Å². The van der Waals surface area contributed by atoms with Crippen LogP contribution in [0, 0.1) is 5.82 Å². The molecule has 0 spiro atoms. The normalized spacial score (nSPS) is 18.7. The van der Waals surface area contributed by atoms with Crippen molar-refractivity contribution < 1.29 is 13.9 Å². The lowest BCUT2D eigenvalue weighted by molar-refractivity contribution is -0.118. The molecule has 9 nitrogen and oxygen atoms in total. The third kappa shape index (κ3) is 2.83. The first-order valence-corrected chi connectivity index (χ1v) is 9.66. The fourth-order valence-electron chi connectivity index (χ4n) is 3.79. The first-order valence-electron chi connectivity index (χ1n) is 9.66. The van der Waals surface area contributed by atoms with E-state index in [9.17, 15) is 9.18 Å². The molecule has 1 fully saturated rings. The Bertz CT molecular complexity index is 1200. The Hall–Kier alpha value is -3.69. The highest BCUT2D eigenvalue weighted by molar-refractivity contribution is 5.92. The molecular formula is C20H20FN7O2. The molecular weight excluding hydrogens is 389 g/mol. The second kappa shape index (κ2) is 6.68. The summed E-state index contributed by atoms with van der Waals surface area (Å²) >= 11 is 0. The number of hydrogen-bond acceptors (Lipinski definition) is 7. The smallest absolute Gasteiger partial charge is 0.285 e. The maximum Gasteiger partial charge on any atom is 0.285 e. The van der Waals surface area contributed by atoms with Crippen molar-refractivity contribution in [2.75, 3.05) is 22.9 Å². The molecule has 0 saturated carbocycles. The van der Waals surface area contributed by atoms with Crippen LogP contribution >= 0.6 is 0 Å². The van der Waals surface area contributed by atoms with Gasteiger partial charge in [0.1, 0.15) is 5.82 Å². The van der Waals surface area contributed by atoms with Gasteiger partial charge in [0, 0.05) is 18.8 Å². The third-order valence-corrected chi connectivity index (χ3v) is 5.44. The average Bonchev–Trinajstić information content (AvgIpc) is 3.21. The first kappa shape index (κ1) is 18.3. The van der Waals surface area contributed by atoms with Gasteiger partial charge in [0.2, 0.25) is 5.76 Å². The van der Waals surface area contributed by atoms with E-state index < -0.39 is 18.0 Å². The molecule has 5 rings (SSSR count). The average molecular weight is 409 g/mol. The molecule has 1 saturated heterocycles. The molecule has 4 heterocycles. The fourth-order valence-corrected chi connectivity index (χ4v) is 3.79. The summed E-state index contributed by atoms with van der Waals surface area (Å²) < 4.78 is 21.8. The number of carbonyl (C=O) groups is 1. The van der Waals surface area contributed by atoms with Crippen LogP contribution in [0.1, 0.15) is 20.3 Å². The first-order chi connectivity index (χ1) is 14.4. The number of hydrogen-bond donors (Lipinski definition) is 1. The van der Waals surface area contributed by atoms with E-state index in [0.29, 0.717) is 17.2 Å². The predicted molar refractivity (Wildman–Crippen MR) is 108 cm³/mol. The second-order valence-corrected chi connectivity index (χ2v) is 7.36. The Morgan fingerprint density at radius 2 is 2.10 bits per heavy atom. The van der Waals surface area contributed by atoms with Crippen molar-refractivity contribution in [2.45, 2.75) is 26.5 Å². The standard InChI is InChI=1S/C20H20FN7O2/c1-11-17(18(22)29)30-12(2)28(11)13-4-5-16(21)15(8-13)19-24-20-23-9-14(10-27(20)25-19)26-6-3-7-26/h4-5,8-10,12H,3,6-7H2,1-2H3,(H2,22,29). The minimum absolute atomic E-state index is 0.0990. The highest BCUT2D eigenvalue weighted by Crippen LogP contribution is 2.34. The highest BCUT2D eigenvalue weighted by Gasteiger charge is 2.32. The van der Waals surface area contributed by atoms with E-state index in [1.165, 1.54) is 6.07 Å². The fraction of sp³-hybridized carbons (Fsp3) is 0.300. The molecule has 2 N–H and O–H groups in total. The third-order valence-electron chi connectivity index (χ3n) is 5.44. The number of primary amides is 1. The molecule has 0 radical (unpaired) electrons. The lowest BCUT2D eigenvalue weighted by Gasteiger charge is -2.32. The van der Waals surface area contributed by atoms with E-state index in [0.717, 1.165) is 25.2 Å². The summed E-state index contributed by atoms with van der Waals surface area (Å²) in [5.41, 5.74) is 7.78. The number of halogens is 1. The summed E-state index contributed by atoms with van der Waals surface area (Å²) in [7, 11) is 0. The zero-order valence-electron chi connectivity index (χ0n) is 16.5. The minimum Gasteiger partial charge on any atom is -0.463 e. The van der Waals surface area contributed by atoms with Crippen LogP contribution in [0.4, 0.5) is 15.8 Å². The Kier molecular flexibility index (Phi) is 4.09. The Morgan fingerprint density at radius 3 is 2.77 bits per heavy atom. The number of aromatic nitrogens is 4. The predicted octanol–water partition coefficient (Wildman–Crippen LogP) is 2.04. The van der Waals surface area contributed by atoms with E-state index in [1.54, 1.807) is 41.6 Å². The molecule has 2 aliphatic heterocycles. The maximum atomic E-state index is 14.7. The maximum absolute atomic E-state index is 14.7. The molecule has 1 unspecified atom stereocenters. The van der Waals surface area contributed by atoms with Crippen LogP contribution in [-0.4, -0.2) is 44.8 Å². The quantitative estimate of drug-likeness (QED) is 0.703. The zero-order chi connectivity index (χ0) is 21.0. The van der Waals surface area contributed by atoms with Gasteiger partial charge in [-0.3, -0.25) is 4.79 Å². The van der Waals surface area contributed by atoms with Crippen molar-refractivity contribution in [3.63, 3.8) is 0 Å². The second-order valence-electron chi connectivity index (χ2n) is 7.36. The summed E-state index contributed by atoms with van der Waals surface area (Å²) in [5, 5.41) is 4.43. The van der Waals surface area contributed by atoms with Crippen LogP contribution in [0.15, 0.2) is 42.0 Å². The molecule has 0 aliphatic carbocycles. The molecule has 1 atom stereocenters. The van der Waals surface area contributed by atoms with Gasteiger partial charge in [-0.2, -0.15) is 4.98 Å². The summed E-state index contributed by atoms with van der Waals surface area (Å²) in [6.07, 6.45) is 4.30. The van der Waals surface area contributed by atoms with Gasteiger partial charge in [0.25, 0.3) is 11.7 Å². The van der Waals surface area contributed by atoms with Crippen LogP contribution in [0.2, 0.25) is 0 Å². The number of fused-ring (bicyclic) bond motifs is 1. The molecule has 2 aromatic heterocycles. The van der Waals surface area contributed by atoms with Crippen LogP contribution in [-0.2, 0) is 9.53 Å². The monoisotopic (exact) mass is 409 g/mol. The largest absolute Gasteiger partial charge is 0.463 e. The van der Waals surface area contributed by atoms with Gasteiger partial charge in [-0.05, 0) is 38.5 Å². The number of nitrogens with two attached hydrogens (primary N) is 1. The van der Waals surface area contributed by atoms with Crippen molar-refractivity contribution >= 4 is 23.1 Å². The van der Waals surface area contributed by atoms with Crippen molar-refractivity contribution in [2.24, 2.45) is 5.73 Å². The number of anilines is 2. The number of benzene rings is 1. The summed E-state index contributed by atoms with van der Waals surface area (Å²) in [5.74, 6) is -0.379. The van der Waals surface area contributed by atoms with Gasteiger partial charge in [0.05, 0.1) is 29.3 Å². The molecule has 1 amide bonds. The van der Waals surface area contributed by atoms with Crippen LogP contribution in [0.25, 0.3) is 17.2 Å². The number of nitrogens with zero attached hydrogens (tertiary/aromatic N) is 6. The van der Waals surface area contributed by atoms with Crippen molar-refractivity contribution in [3.8, 4) is 11.4 Å². The molecule has 2 aliphatic rings. The van der Waals surface area contributed by atoms with Crippen LogP contribution < -0.4 is 15.5 Å². The van der Waals surface area contributed by atoms with Gasteiger partial charge in [-0.15, -0.1) is 5.10 Å². The lowest BCUT2D eigenvalue weighted by Crippen LogP contribution is -2.37. The number of amides is 1. The van der Waals surface area contributed by atoms with E-state index in [4.69, 9.17) is 10.5 Å². The SMILES string of the molecule is CC1=C(C(N)=O)OC(C)N1c1ccc(F)c(-c2nc3ncc(N4CCC4)cn3n2)c1. The van der Waals surface area contributed by atoms with Gasteiger partial charge >= 0.3 is 0 Å². The number of carbonyl (C=O) groups excluding carboxylic acids is 1. The molecule has 10 heteroatoms. The Balaban J connectivity index is 1.54. The topological polar surface area (TPSA) is 102 Å². The number of rotatable bonds is 4. The van der Waals surface area contributed by atoms with E-state index in [-0.39, 0.29) is 17.1 Å². The molecule has 1 aromatic carbocycles. The minimum atomic E-state index is -0.643. The van der Waals surface area contributed by atoms with Crippen molar-refractivity contribution in [1.82, 2.24) is 19.6 Å². The summed E-state index contributed by atoms with van der Waals surface area (Å²) in [4.78, 5) is 24.3. The van der Waals surface area contributed by atoms with Gasteiger partial charge in [-0.1, -0.05) is 0 Å². The van der Waals surface area contributed by atoms with E-state index >= 15 is 0 Å². The molecule has 3 aromatic rings. The lowest BCUT2D eigenvalue weighted by atomic mass is 10.1. The number of allylic oxidation sites excluding steroid dienone is 1. The summed E-state index contributed by atoms with van der Waals surface area (Å²) in [6, 6.07) is 4.59. The van der Waals surface area contributed by atoms with Crippen LogP contribution in [0.5, 0.6) is 0 Å². The van der Waals surface area contributed by atoms with Gasteiger partial charge < -0.3 is 20.3 Å². The van der Waals surface area contributed by atoms with Crippen molar-refractivity contribution in [3.05, 3.63) is 47.9 Å². The van der Waals surface area contributed by atoms with Gasteiger partial charge in [-0.25, -0.2) is 13.9 Å². The van der Waals surface area contributed by atoms with Crippen LogP contribution in [0.3, 0.4) is 0 Å². The zero-order valence-corrected chi connectivity index (χ0v) is 16.5. The Labute approximate surface area is 171 Å². The summed E-state index contributed by atoms with van der Waals surface area (Å²) in [6.45, 7) is 5.49.